The third-order valence-electron chi connectivity index (χ3n) is 5.70. The second-order valence-corrected chi connectivity index (χ2v) is 10.4. The topological polar surface area (TPSA) is 30.0 Å². The quantitative estimate of drug-likeness (QED) is 0.317. The van der Waals surface area contributed by atoms with Crippen LogP contribution in [0.5, 0.6) is 0 Å². The predicted octanol–water partition coefficient (Wildman–Crippen LogP) is 6.06. The van der Waals surface area contributed by atoms with E-state index in [2.05, 4.69) is 29.2 Å². The Hall–Kier alpha value is -3.74. The average molecular weight is 431 g/mol. The molecule has 0 spiro atoms. The van der Waals surface area contributed by atoms with Crippen LogP contribution < -0.4 is 15.9 Å². The molecule has 5 rings (SSSR count). The first-order chi connectivity index (χ1) is 15.7. The van der Waals surface area contributed by atoms with Crippen LogP contribution in [0, 0.1) is 0 Å². The van der Waals surface area contributed by atoms with Gasteiger partial charge in [0.2, 0.25) is 0 Å². The fourth-order valence-electron chi connectivity index (χ4n) is 3.99. The molecule has 5 aromatic rings. The molecule has 1 atom stereocenters. The van der Waals surface area contributed by atoms with Gasteiger partial charge in [0.05, 0.1) is 0 Å². The molecular weight excluding hydrogens is 409 g/mol. The van der Waals surface area contributed by atoms with Crippen molar-refractivity contribution >= 4 is 23.1 Å². The SMILES string of the molecule is O=P(c1ccccc1)(c1ccc(-c2ccccc2)cc1)c1ccc(-c2ccncc2)cc1. The van der Waals surface area contributed by atoms with Crippen LogP contribution in [0.2, 0.25) is 0 Å². The lowest BCUT2D eigenvalue weighted by atomic mass is 10.1. The summed E-state index contributed by atoms with van der Waals surface area (Å²) in [4.78, 5) is 4.09. The van der Waals surface area contributed by atoms with Gasteiger partial charge in [0.1, 0.15) is 0 Å². The monoisotopic (exact) mass is 431 g/mol. The lowest BCUT2D eigenvalue weighted by molar-refractivity contribution is 0.592. The summed E-state index contributed by atoms with van der Waals surface area (Å²) < 4.78 is 14.7. The highest BCUT2D eigenvalue weighted by Crippen LogP contribution is 2.43. The van der Waals surface area contributed by atoms with E-state index in [1.165, 1.54) is 0 Å². The smallest absolute Gasteiger partial charge is 0.171 e. The molecule has 1 aromatic heterocycles. The number of hydrogen-bond acceptors (Lipinski definition) is 2. The first kappa shape index (κ1) is 20.2. The maximum Gasteiger partial charge on any atom is 0.171 e. The lowest BCUT2D eigenvalue weighted by Crippen LogP contribution is -2.24. The van der Waals surface area contributed by atoms with Gasteiger partial charge >= 0.3 is 0 Å². The number of rotatable bonds is 5. The molecule has 1 heterocycles. The van der Waals surface area contributed by atoms with E-state index in [4.69, 9.17) is 0 Å². The van der Waals surface area contributed by atoms with Crippen LogP contribution in [-0.2, 0) is 4.57 Å². The standard InChI is InChI=1S/C29H22NOP/c31-32(27-9-5-2-6-10-27,28-15-11-24(12-16-28)23-7-3-1-4-8-23)29-17-13-25(14-18-29)26-19-21-30-22-20-26/h1-22H. The lowest BCUT2D eigenvalue weighted by Gasteiger charge is -2.20. The molecule has 2 nitrogen and oxygen atoms in total. The summed E-state index contributed by atoms with van der Waals surface area (Å²) in [5.41, 5.74) is 4.43. The minimum absolute atomic E-state index is 0.828. The van der Waals surface area contributed by atoms with E-state index in [1.807, 2.05) is 97.1 Å². The van der Waals surface area contributed by atoms with Gasteiger partial charge in [0.25, 0.3) is 0 Å². The van der Waals surface area contributed by atoms with Gasteiger partial charge in [0, 0.05) is 28.3 Å². The van der Waals surface area contributed by atoms with Crippen LogP contribution in [0.1, 0.15) is 0 Å². The second-order valence-electron chi connectivity index (χ2n) is 7.64. The number of hydrogen-bond donors (Lipinski definition) is 0. The van der Waals surface area contributed by atoms with E-state index in [0.717, 1.165) is 38.2 Å². The molecule has 1 unspecified atom stereocenters. The second kappa shape index (κ2) is 8.78. The van der Waals surface area contributed by atoms with E-state index < -0.39 is 7.14 Å². The zero-order valence-electron chi connectivity index (χ0n) is 17.5. The third kappa shape index (κ3) is 3.82. The van der Waals surface area contributed by atoms with E-state index in [-0.39, 0.29) is 0 Å². The Morgan fingerprint density at radius 3 is 1.28 bits per heavy atom. The Morgan fingerprint density at radius 2 is 0.781 bits per heavy atom. The molecule has 0 amide bonds. The van der Waals surface area contributed by atoms with E-state index >= 15 is 0 Å². The van der Waals surface area contributed by atoms with Gasteiger partial charge in [0.15, 0.2) is 7.14 Å². The first-order valence-corrected chi connectivity index (χ1v) is 12.3. The normalized spacial score (nSPS) is 12.8. The molecule has 0 bridgehead atoms. The highest BCUT2D eigenvalue weighted by molar-refractivity contribution is 7.85. The minimum atomic E-state index is -3.01. The fraction of sp³-hybridized carbons (Fsp3) is 0. The predicted molar refractivity (Wildman–Crippen MR) is 135 cm³/mol. The largest absolute Gasteiger partial charge is 0.309 e. The summed E-state index contributed by atoms with van der Waals surface area (Å²) >= 11 is 0. The van der Waals surface area contributed by atoms with Crippen molar-refractivity contribution in [1.29, 1.82) is 0 Å². The summed E-state index contributed by atoms with van der Waals surface area (Å²) in [6, 6.07) is 40.2. The molecule has 0 aliphatic carbocycles. The molecule has 0 N–H and O–H groups in total. The molecule has 0 aliphatic heterocycles. The molecule has 4 aromatic carbocycles. The molecule has 32 heavy (non-hydrogen) atoms. The summed E-state index contributed by atoms with van der Waals surface area (Å²) in [5, 5.41) is 2.50. The number of benzene rings is 4. The third-order valence-corrected chi connectivity index (χ3v) is 8.78. The highest BCUT2D eigenvalue weighted by atomic mass is 31.2. The van der Waals surface area contributed by atoms with Gasteiger partial charge in [-0.1, -0.05) is 109 Å². The van der Waals surface area contributed by atoms with Gasteiger partial charge in [-0.25, -0.2) is 0 Å². The Morgan fingerprint density at radius 1 is 0.406 bits per heavy atom. The molecule has 0 saturated heterocycles. The summed E-state index contributed by atoms with van der Waals surface area (Å²) in [7, 11) is -3.01. The molecule has 0 radical (unpaired) electrons. The van der Waals surface area contributed by atoms with Crippen LogP contribution >= 0.6 is 7.14 Å². The number of aromatic nitrogens is 1. The van der Waals surface area contributed by atoms with E-state index in [0.29, 0.717) is 0 Å². The van der Waals surface area contributed by atoms with Crippen LogP contribution in [0.4, 0.5) is 0 Å². The van der Waals surface area contributed by atoms with Crippen molar-refractivity contribution in [2.75, 3.05) is 0 Å². The maximum atomic E-state index is 14.7. The van der Waals surface area contributed by atoms with Crippen molar-refractivity contribution in [2.24, 2.45) is 0 Å². The molecule has 3 heteroatoms. The van der Waals surface area contributed by atoms with Crippen LogP contribution in [0.25, 0.3) is 22.3 Å². The molecule has 154 valence electrons. The Labute approximate surface area is 188 Å². The Bertz CT molecular complexity index is 1260. The van der Waals surface area contributed by atoms with Crippen molar-refractivity contribution in [3.8, 4) is 22.3 Å². The number of pyridine rings is 1. The molecular formula is C29H22NOP. The van der Waals surface area contributed by atoms with Crippen LogP contribution in [0.15, 0.2) is 134 Å². The van der Waals surface area contributed by atoms with Crippen molar-refractivity contribution < 1.29 is 4.57 Å². The summed E-state index contributed by atoms with van der Waals surface area (Å²) in [5.74, 6) is 0. The van der Waals surface area contributed by atoms with Crippen LogP contribution in [-0.4, -0.2) is 4.98 Å². The zero-order valence-corrected chi connectivity index (χ0v) is 18.4. The van der Waals surface area contributed by atoms with Crippen molar-refractivity contribution in [3.63, 3.8) is 0 Å². The first-order valence-electron chi connectivity index (χ1n) is 10.6. The van der Waals surface area contributed by atoms with E-state index in [1.54, 1.807) is 12.4 Å². The molecule has 0 saturated carbocycles. The summed E-state index contributed by atoms with van der Waals surface area (Å²) in [6.45, 7) is 0. The van der Waals surface area contributed by atoms with Crippen molar-refractivity contribution in [1.82, 2.24) is 4.98 Å². The van der Waals surface area contributed by atoms with Gasteiger partial charge < -0.3 is 4.57 Å². The van der Waals surface area contributed by atoms with Crippen LogP contribution in [0.3, 0.4) is 0 Å². The molecule has 0 aliphatic rings. The number of nitrogens with zero attached hydrogens (tertiary/aromatic N) is 1. The fourth-order valence-corrected chi connectivity index (χ4v) is 6.61. The highest BCUT2D eigenvalue weighted by Gasteiger charge is 2.29. The average Bonchev–Trinajstić information content (AvgIpc) is 2.90. The van der Waals surface area contributed by atoms with Gasteiger partial charge in [-0.3, -0.25) is 4.98 Å². The van der Waals surface area contributed by atoms with Crippen molar-refractivity contribution in [2.45, 2.75) is 0 Å². The maximum absolute atomic E-state index is 14.7. The molecule has 0 fully saturated rings. The minimum Gasteiger partial charge on any atom is -0.309 e. The van der Waals surface area contributed by atoms with Gasteiger partial charge in [-0.15, -0.1) is 0 Å². The zero-order chi connectivity index (χ0) is 21.8. The van der Waals surface area contributed by atoms with Crippen molar-refractivity contribution in [3.05, 3.63) is 134 Å². The van der Waals surface area contributed by atoms with Gasteiger partial charge in [-0.05, 0) is 34.4 Å². The Kier molecular flexibility index (Phi) is 5.54. The van der Waals surface area contributed by atoms with E-state index in [9.17, 15) is 4.57 Å². The van der Waals surface area contributed by atoms with Gasteiger partial charge in [-0.2, -0.15) is 0 Å². The Balaban J connectivity index is 1.59. The summed E-state index contributed by atoms with van der Waals surface area (Å²) in [6.07, 6.45) is 3.57.